The molecule has 0 bridgehead atoms. The maximum absolute atomic E-state index is 12.5. The fourth-order valence-corrected chi connectivity index (χ4v) is 3.76. The topological polar surface area (TPSA) is 118 Å². The molecule has 3 atom stereocenters. The maximum Gasteiger partial charge on any atom is 0.146 e. The molecule has 1 aliphatic rings. The van der Waals surface area contributed by atoms with E-state index in [1.807, 2.05) is 0 Å². The third-order valence-corrected chi connectivity index (χ3v) is 5.81. The Labute approximate surface area is 169 Å². The summed E-state index contributed by atoms with van der Waals surface area (Å²) in [6.07, 6.45) is 0.980. The van der Waals surface area contributed by atoms with Crippen LogP contribution in [0.3, 0.4) is 0 Å². The van der Waals surface area contributed by atoms with Gasteiger partial charge in [-0.3, -0.25) is 0 Å². The van der Waals surface area contributed by atoms with Crippen molar-refractivity contribution in [2.24, 2.45) is 0 Å². The Morgan fingerprint density at radius 1 is 1.43 bits per heavy atom. The minimum atomic E-state index is -1.44. The zero-order chi connectivity index (χ0) is 20.9. The van der Waals surface area contributed by atoms with Crippen molar-refractivity contribution in [1.82, 2.24) is 9.29 Å². The molecular weight excluding hydrogens is 409 g/mol. The number of β-amino-alcohol motifs (C(OH)–C–C–N with tert-alkyl or cyclic N) is 1. The predicted molar refractivity (Wildman–Crippen MR) is 101 cm³/mol. The van der Waals surface area contributed by atoms with Gasteiger partial charge in [0.2, 0.25) is 0 Å². The summed E-state index contributed by atoms with van der Waals surface area (Å²) in [6.45, 7) is 2.16. The van der Waals surface area contributed by atoms with Crippen LogP contribution in [0.2, 0.25) is 5.02 Å². The van der Waals surface area contributed by atoms with Gasteiger partial charge in [0.25, 0.3) is 0 Å². The number of aliphatic hydroxyl groups excluding tert-OH is 1. The van der Waals surface area contributed by atoms with Crippen LogP contribution < -0.4 is 0 Å². The number of phenolic OH excluding ortho intramolecular Hbond substituents is 1. The molecule has 1 aromatic carbocycles. The first-order valence-electron chi connectivity index (χ1n) is 8.24. The van der Waals surface area contributed by atoms with Crippen molar-refractivity contribution < 1.29 is 23.9 Å². The number of halogens is 2. The van der Waals surface area contributed by atoms with E-state index in [4.69, 9.17) is 22.0 Å². The number of rotatable bonds is 3. The van der Waals surface area contributed by atoms with Crippen LogP contribution in [0.5, 0.6) is 5.75 Å². The molecule has 28 heavy (non-hydrogen) atoms. The van der Waals surface area contributed by atoms with Gasteiger partial charge in [0.05, 0.1) is 16.7 Å². The quantitative estimate of drug-likeness (QED) is 0.689. The van der Waals surface area contributed by atoms with Crippen LogP contribution in [-0.4, -0.2) is 53.6 Å². The standard InChI is InChI=1S/C11H15ClN2O3S.C7H4FNO/c1-8(15)11(16)4-5-14(7-11)18(17)10-3-2-9(12)6-13-10;8-7-3-6(10)2-1-5(7)4-9/h2-3,6,8,15-16H,4-5,7H2,1H3;1-3,10H. The van der Waals surface area contributed by atoms with Gasteiger partial charge in [0.15, 0.2) is 0 Å². The molecule has 10 heteroatoms. The van der Waals surface area contributed by atoms with Gasteiger partial charge >= 0.3 is 0 Å². The second-order valence-electron chi connectivity index (χ2n) is 6.23. The van der Waals surface area contributed by atoms with E-state index in [-0.39, 0.29) is 17.9 Å². The number of aromatic nitrogens is 1. The molecule has 3 unspecified atom stereocenters. The molecule has 0 saturated carbocycles. The minimum absolute atomic E-state index is 0.0576. The van der Waals surface area contributed by atoms with Gasteiger partial charge in [-0.1, -0.05) is 11.6 Å². The Hall–Kier alpha value is -2.09. The number of hydrogen-bond acceptors (Lipinski definition) is 6. The first kappa shape index (κ1) is 22.2. The van der Waals surface area contributed by atoms with Crippen LogP contribution >= 0.6 is 11.6 Å². The number of aromatic hydroxyl groups is 1. The van der Waals surface area contributed by atoms with E-state index in [2.05, 4.69) is 4.98 Å². The maximum atomic E-state index is 12.5. The molecule has 2 aromatic rings. The first-order valence-corrected chi connectivity index (χ1v) is 9.72. The van der Waals surface area contributed by atoms with Crippen molar-refractivity contribution >= 4 is 22.6 Å². The summed E-state index contributed by atoms with van der Waals surface area (Å²) >= 11 is 5.71. The number of nitriles is 1. The lowest BCUT2D eigenvalue weighted by atomic mass is 9.97. The molecular formula is C18H19ClFN3O4S. The van der Waals surface area contributed by atoms with E-state index >= 15 is 0 Å². The zero-order valence-corrected chi connectivity index (χ0v) is 16.5. The summed E-state index contributed by atoms with van der Waals surface area (Å²) in [6, 6.07) is 8.25. The first-order chi connectivity index (χ1) is 13.2. The lowest BCUT2D eigenvalue weighted by molar-refractivity contribution is -0.0534. The molecule has 1 aliphatic heterocycles. The van der Waals surface area contributed by atoms with Gasteiger partial charge in [-0.2, -0.15) is 5.26 Å². The van der Waals surface area contributed by atoms with E-state index in [1.165, 1.54) is 25.3 Å². The molecule has 7 nitrogen and oxygen atoms in total. The Balaban J connectivity index is 0.000000237. The average molecular weight is 428 g/mol. The second-order valence-corrected chi connectivity index (χ2v) is 8.10. The van der Waals surface area contributed by atoms with E-state index in [1.54, 1.807) is 22.5 Å². The van der Waals surface area contributed by atoms with Crippen molar-refractivity contribution in [3.8, 4) is 11.8 Å². The summed E-state index contributed by atoms with van der Waals surface area (Å²) in [5.41, 5.74) is -1.25. The van der Waals surface area contributed by atoms with Gasteiger partial charge in [-0.15, -0.1) is 0 Å². The van der Waals surface area contributed by atoms with Crippen LogP contribution in [0.1, 0.15) is 18.9 Å². The van der Waals surface area contributed by atoms with Crippen LogP contribution in [0.25, 0.3) is 0 Å². The number of aliphatic hydroxyl groups is 2. The number of benzene rings is 1. The van der Waals surface area contributed by atoms with Crippen molar-refractivity contribution in [3.63, 3.8) is 0 Å². The average Bonchev–Trinajstić information content (AvgIpc) is 3.06. The molecule has 3 rings (SSSR count). The highest BCUT2D eigenvalue weighted by Gasteiger charge is 2.42. The fourth-order valence-electron chi connectivity index (χ4n) is 2.46. The van der Waals surface area contributed by atoms with Crippen LogP contribution in [0.15, 0.2) is 41.6 Å². The number of hydrogen-bond donors (Lipinski definition) is 3. The Morgan fingerprint density at radius 2 is 2.14 bits per heavy atom. The van der Waals surface area contributed by atoms with E-state index in [0.29, 0.717) is 23.0 Å². The summed E-state index contributed by atoms with van der Waals surface area (Å²) in [5.74, 6) is -0.862. The van der Waals surface area contributed by atoms with Gasteiger partial charge < -0.3 is 15.3 Å². The van der Waals surface area contributed by atoms with Crippen LogP contribution in [-0.2, 0) is 11.0 Å². The molecule has 3 N–H and O–H groups in total. The second kappa shape index (κ2) is 9.41. The van der Waals surface area contributed by atoms with Crippen molar-refractivity contribution in [1.29, 1.82) is 5.26 Å². The van der Waals surface area contributed by atoms with Crippen molar-refractivity contribution in [2.75, 3.05) is 13.1 Å². The number of pyridine rings is 1. The molecule has 0 aliphatic carbocycles. The predicted octanol–water partition coefficient (Wildman–Crippen LogP) is 1.98. The van der Waals surface area contributed by atoms with Crippen LogP contribution in [0, 0.1) is 17.1 Å². The SMILES string of the molecule is CC(O)C1(O)CCN(S(=O)c2ccc(Cl)cn2)C1.N#Cc1ccc(O)cc1F. The molecule has 1 fully saturated rings. The minimum Gasteiger partial charge on any atom is -0.508 e. The third kappa shape index (κ3) is 5.47. The summed E-state index contributed by atoms with van der Waals surface area (Å²) in [4.78, 5) is 4.00. The molecule has 0 spiro atoms. The highest BCUT2D eigenvalue weighted by Crippen LogP contribution is 2.27. The lowest BCUT2D eigenvalue weighted by Gasteiger charge is -2.25. The molecule has 150 valence electrons. The lowest BCUT2D eigenvalue weighted by Crippen LogP contribution is -2.43. The Bertz CT molecular complexity index is 891. The highest BCUT2D eigenvalue weighted by molar-refractivity contribution is 7.82. The van der Waals surface area contributed by atoms with Crippen molar-refractivity contribution in [2.45, 2.75) is 30.1 Å². The highest BCUT2D eigenvalue weighted by atomic mass is 35.5. The molecule has 0 radical (unpaired) electrons. The Morgan fingerprint density at radius 3 is 2.64 bits per heavy atom. The fraction of sp³-hybridized carbons (Fsp3) is 0.333. The summed E-state index contributed by atoms with van der Waals surface area (Å²) in [5, 5.41) is 37.4. The van der Waals surface area contributed by atoms with Gasteiger partial charge in [0, 0.05) is 25.4 Å². The Kier molecular flexibility index (Phi) is 7.46. The molecule has 1 aromatic heterocycles. The van der Waals surface area contributed by atoms with Crippen molar-refractivity contribution in [3.05, 3.63) is 52.9 Å². The monoisotopic (exact) mass is 427 g/mol. The smallest absolute Gasteiger partial charge is 0.146 e. The van der Waals surface area contributed by atoms with Gasteiger partial charge in [0.1, 0.15) is 39.2 Å². The molecule has 0 amide bonds. The van der Waals surface area contributed by atoms with E-state index in [0.717, 1.165) is 6.07 Å². The summed E-state index contributed by atoms with van der Waals surface area (Å²) in [7, 11) is -1.44. The molecule has 1 saturated heterocycles. The number of phenols is 1. The van der Waals surface area contributed by atoms with Gasteiger partial charge in [-0.25, -0.2) is 17.9 Å². The summed E-state index contributed by atoms with van der Waals surface area (Å²) < 4.78 is 26.3. The van der Waals surface area contributed by atoms with E-state index < -0.39 is 28.5 Å². The molecule has 2 heterocycles. The largest absolute Gasteiger partial charge is 0.508 e. The number of nitrogens with zero attached hydrogens (tertiary/aromatic N) is 3. The van der Waals surface area contributed by atoms with E-state index in [9.17, 15) is 18.8 Å². The normalized spacial score (nSPS) is 21.3. The zero-order valence-electron chi connectivity index (χ0n) is 14.9. The van der Waals surface area contributed by atoms with Crippen LogP contribution in [0.4, 0.5) is 4.39 Å². The third-order valence-electron chi connectivity index (χ3n) is 4.21. The van der Waals surface area contributed by atoms with Gasteiger partial charge in [-0.05, 0) is 37.6 Å².